The van der Waals surface area contributed by atoms with Crippen molar-refractivity contribution in [3.8, 4) is 0 Å². The van der Waals surface area contributed by atoms with E-state index in [-0.39, 0.29) is 24.6 Å². The molecule has 1 aromatic rings. The maximum absolute atomic E-state index is 14.6. The lowest BCUT2D eigenvalue weighted by Crippen LogP contribution is -2.63. The topological polar surface area (TPSA) is 201 Å². The van der Waals surface area contributed by atoms with Crippen molar-refractivity contribution in [1.29, 1.82) is 0 Å². The van der Waals surface area contributed by atoms with Gasteiger partial charge in [-0.1, -0.05) is 84.9 Å². The fourth-order valence-electron chi connectivity index (χ4n) is 6.81. The standard InChI is InChI=1S/C46H70N6O10/c1-28(2)32(26-29(3)38(56)48-31(41(59)61-44(7,8)9)27-33(53)47-24-25-52-34(54)22-23-35(52)55)50(15)40(58)36(43(4,5)6)49-39(57)37(51(16)42(60)62-45(10,11)12)46(13,14)30-20-18-17-19-21-30/h17-23,26,28,31-32,36-37H,24-25,27H2,1-16H3,(H,47,53)(H,48,56)(H,49,57)/b29-26+/t31-,32+,36?,37+/m0/s1. The molecule has 16 heteroatoms. The summed E-state index contributed by atoms with van der Waals surface area (Å²) in [6, 6.07) is 4.96. The van der Waals surface area contributed by atoms with E-state index in [1.807, 2.05) is 78.8 Å². The van der Waals surface area contributed by atoms with E-state index in [1.165, 1.54) is 23.8 Å². The Balaban J connectivity index is 2.41. The molecule has 0 saturated carbocycles. The summed E-state index contributed by atoms with van der Waals surface area (Å²) in [5.74, 6) is -4.48. The van der Waals surface area contributed by atoms with Crippen LogP contribution < -0.4 is 16.0 Å². The number of esters is 1. The Labute approximate surface area is 367 Å². The number of carbonyl (C=O) groups is 8. The zero-order chi connectivity index (χ0) is 47.7. The van der Waals surface area contributed by atoms with Gasteiger partial charge in [-0.05, 0) is 65.4 Å². The number of amides is 7. The molecule has 3 N–H and O–H groups in total. The van der Waals surface area contributed by atoms with Gasteiger partial charge in [-0.15, -0.1) is 0 Å². The van der Waals surface area contributed by atoms with Gasteiger partial charge >= 0.3 is 12.1 Å². The van der Waals surface area contributed by atoms with Crippen molar-refractivity contribution in [3.63, 3.8) is 0 Å². The van der Waals surface area contributed by atoms with Crippen LogP contribution in [0.15, 0.2) is 54.1 Å². The highest BCUT2D eigenvalue weighted by Gasteiger charge is 2.46. The molecule has 1 heterocycles. The van der Waals surface area contributed by atoms with Crippen molar-refractivity contribution >= 4 is 47.5 Å². The fourth-order valence-corrected chi connectivity index (χ4v) is 6.81. The number of imide groups is 1. The highest BCUT2D eigenvalue weighted by Crippen LogP contribution is 2.32. The summed E-state index contributed by atoms with van der Waals surface area (Å²) >= 11 is 0. The number of hydrogen-bond donors (Lipinski definition) is 3. The third kappa shape index (κ3) is 15.1. The highest BCUT2D eigenvalue weighted by molar-refractivity contribution is 6.12. The molecule has 62 heavy (non-hydrogen) atoms. The molecular weight excluding hydrogens is 797 g/mol. The van der Waals surface area contributed by atoms with Gasteiger partial charge in [-0.25, -0.2) is 9.59 Å². The maximum Gasteiger partial charge on any atom is 0.410 e. The summed E-state index contributed by atoms with van der Waals surface area (Å²) < 4.78 is 11.2. The lowest BCUT2D eigenvalue weighted by molar-refractivity contribution is -0.159. The van der Waals surface area contributed by atoms with Crippen molar-refractivity contribution in [2.75, 3.05) is 27.2 Å². The first-order valence-electron chi connectivity index (χ1n) is 20.9. The van der Waals surface area contributed by atoms with Gasteiger partial charge in [0.25, 0.3) is 11.8 Å². The highest BCUT2D eigenvalue weighted by atomic mass is 16.6. The Kier molecular flexibility index (Phi) is 17.8. The molecule has 16 nitrogen and oxygen atoms in total. The maximum atomic E-state index is 14.6. The van der Waals surface area contributed by atoms with Crippen LogP contribution in [0.1, 0.15) is 109 Å². The molecule has 344 valence electrons. The lowest BCUT2D eigenvalue weighted by Gasteiger charge is -2.42. The van der Waals surface area contributed by atoms with Crippen LogP contribution in [0.2, 0.25) is 0 Å². The van der Waals surface area contributed by atoms with Crippen LogP contribution in [-0.4, -0.2) is 125 Å². The van der Waals surface area contributed by atoms with Crippen molar-refractivity contribution < 1.29 is 47.8 Å². The van der Waals surface area contributed by atoms with Crippen LogP contribution >= 0.6 is 0 Å². The molecule has 0 fully saturated rings. The van der Waals surface area contributed by atoms with E-state index in [0.717, 1.165) is 22.6 Å². The van der Waals surface area contributed by atoms with Crippen LogP contribution in [0.3, 0.4) is 0 Å². The molecule has 1 aromatic carbocycles. The van der Waals surface area contributed by atoms with Crippen LogP contribution in [-0.2, 0) is 48.5 Å². The molecule has 1 aliphatic heterocycles. The number of ether oxygens (including phenoxy) is 2. The van der Waals surface area contributed by atoms with Crippen LogP contribution in [0, 0.1) is 11.3 Å². The number of carbonyl (C=O) groups excluding carboxylic acids is 8. The van der Waals surface area contributed by atoms with Crippen molar-refractivity contribution in [3.05, 3.63) is 59.7 Å². The summed E-state index contributed by atoms with van der Waals surface area (Å²) in [4.78, 5) is 110. The third-order valence-electron chi connectivity index (χ3n) is 10.1. The zero-order valence-corrected chi connectivity index (χ0v) is 39.6. The Hall–Kier alpha value is -5.54. The smallest absolute Gasteiger partial charge is 0.410 e. The molecule has 7 amide bonds. The largest absolute Gasteiger partial charge is 0.458 e. The summed E-state index contributed by atoms with van der Waals surface area (Å²) in [5, 5.41) is 8.15. The molecule has 0 aliphatic carbocycles. The molecule has 1 unspecified atom stereocenters. The molecule has 0 radical (unpaired) electrons. The molecule has 0 aromatic heterocycles. The molecule has 0 saturated heterocycles. The number of likely N-dealkylation sites (N-methyl/N-ethyl adjacent to an activating group) is 2. The first kappa shape index (κ1) is 52.6. The molecule has 0 spiro atoms. The molecule has 0 bridgehead atoms. The van der Waals surface area contributed by atoms with Crippen molar-refractivity contribution in [2.24, 2.45) is 11.3 Å². The number of rotatable bonds is 17. The Bertz CT molecular complexity index is 1870. The van der Waals surface area contributed by atoms with E-state index in [2.05, 4.69) is 16.0 Å². The van der Waals surface area contributed by atoms with Gasteiger partial charge in [-0.3, -0.25) is 38.6 Å². The number of benzene rings is 1. The van der Waals surface area contributed by atoms with E-state index in [4.69, 9.17) is 9.47 Å². The first-order chi connectivity index (χ1) is 28.3. The van der Waals surface area contributed by atoms with E-state index in [9.17, 15) is 38.4 Å². The minimum Gasteiger partial charge on any atom is -0.458 e. The second kappa shape index (κ2) is 21.0. The third-order valence-corrected chi connectivity index (χ3v) is 10.1. The van der Waals surface area contributed by atoms with E-state index >= 15 is 0 Å². The van der Waals surface area contributed by atoms with Crippen LogP contribution in [0.25, 0.3) is 0 Å². The molecule has 2 rings (SSSR count). The van der Waals surface area contributed by atoms with Crippen molar-refractivity contribution in [2.45, 2.75) is 144 Å². The minimum absolute atomic E-state index is 0.0791. The van der Waals surface area contributed by atoms with Crippen molar-refractivity contribution in [1.82, 2.24) is 30.7 Å². The molecular formula is C46H70N6O10. The number of hydrogen-bond acceptors (Lipinski definition) is 10. The van der Waals surface area contributed by atoms with Gasteiger partial charge in [0.15, 0.2) is 0 Å². The van der Waals surface area contributed by atoms with Gasteiger partial charge in [0.2, 0.25) is 23.6 Å². The van der Waals surface area contributed by atoms with Gasteiger partial charge in [0, 0.05) is 50.3 Å². The van der Waals surface area contributed by atoms with Gasteiger partial charge in [0.05, 0.1) is 12.5 Å². The number of nitrogens with zero attached hydrogens (tertiary/aromatic N) is 3. The summed E-state index contributed by atoms with van der Waals surface area (Å²) in [7, 11) is 3.07. The monoisotopic (exact) mass is 867 g/mol. The first-order valence-corrected chi connectivity index (χ1v) is 20.9. The van der Waals surface area contributed by atoms with Crippen LogP contribution in [0.5, 0.6) is 0 Å². The predicted molar refractivity (Wildman–Crippen MR) is 235 cm³/mol. The van der Waals surface area contributed by atoms with Gasteiger partial charge in [-0.2, -0.15) is 0 Å². The molecule has 4 atom stereocenters. The fraction of sp³-hybridized carbons (Fsp3) is 0.609. The average Bonchev–Trinajstić information content (AvgIpc) is 3.45. The normalized spacial score (nSPS) is 15.6. The Morgan fingerprint density at radius 1 is 0.774 bits per heavy atom. The van der Waals surface area contributed by atoms with E-state index < -0.39 is 100 Å². The van der Waals surface area contributed by atoms with E-state index in [0.29, 0.717) is 0 Å². The summed E-state index contributed by atoms with van der Waals surface area (Å²) in [6.45, 7) is 24.3. The second-order valence-electron chi connectivity index (χ2n) is 19.7. The quantitative estimate of drug-likeness (QED) is 0.114. The van der Waals surface area contributed by atoms with Crippen LogP contribution in [0.4, 0.5) is 4.79 Å². The molecule has 1 aliphatic rings. The summed E-state index contributed by atoms with van der Waals surface area (Å²) in [5.41, 5.74) is -2.65. The van der Waals surface area contributed by atoms with Gasteiger partial charge in [0.1, 0.15) is 29.3 Å². The second-order valence-corrected chi connectivity index (χ2v) is 19.7. The van der Waals surface area contributed by atoms with Gasteiger partial charge < -0.3 is 30.3 Å². The Morgan fingerprint density at radius 2 is 1.31 bits per heavy atom. The lowest BCUT2D eigenvalue weighted by atomic mass is 9.76. The number of nitrogens with one attached hydrogen (secondary N) is 3. The summed E-state index contributed by atoms with van der Waals surface area (Å²) in [6.07, 6.45) is 2.63. The minimum atomic E-state index is -1.41. The zero-order valence-electron chi connectivity index (χ0n) is 39.6. The van der Waals surface area contributed by atoms with E-state index in [1.54, 1.807) is 54.7 Å². The SMILES string of the molecule is C/C(=C\[C@H](C(C)C)N(C)C(=O)C(NC(=O)[C@@H](N(C)C(=O)OC(C)(C)C)C(C)(C)c1ccccc1)C(C)(C)C)C(=O)N[C@@H](CC(=O)NCCN1C(=O)C=CC1=O)C(=O)OC(C)(C)C. The predicted octanol–water partition coefficient (Wildman–Crippen LogP) is 4.42. The Morgan fingerprint density at radius 3 is 1.79 bits per heavy atom. The average molecular weight is 867 g/mol.